The summed E-state index contributed by atoms with van der Waals surface area (Å²) in [7, 11) is 0. The molecular weight excluding hydrogens is 378 g/mol. The van der Waals surface area contributed by atoms with Crippen molar-refractivity contribution in [2.45, 2.75) is 17.3 Å². The highest BCUT2D eigenvalue weighted by molar-refractivity contribution is 8.00. The minimum absolute atomic E-state index is 0.174. The van der Waals surface area contributed by atoms with Gasteiger partial charge in [0.1, 0.15) is 0 Å². The largest absolute Gasteiger partial charge is 0.368 e. The lowest BCUT2D eigenvalue weighted by atomic mass is 9.84. The van der Waals surface area contributed by atoms with Crippen LogP contribution in [-0.2, 0) is 4.79 Å². The molecule has 9 heteroatoms. The first-order valence-electron chi connectivity index (χ1n) is 8.42. The van der Waals surface area contributed by atoms with Crippen molar-refractivity contribution in [2.24, 2.45) is 0 Å². The number of nitrogens with one attached hydrogen (secondary N) is 2. The van der Waals surface area contributed by atoms with Crippen LogP contribution in [0.1, 0.15) is 38.8 Å². The number of thioether (sulfide) groups is 1. The third-order valence-corrected chi connectivity index (χ3v) is 5.29. The van der Waals surface area contributed by atoms with Crippen LogP contribution in [0.2, 0.25) is 0 Å². The van der Waals surface area contributed by atoms with Crippen molar-refractivity contribution < 1.29 is 14.4 Å². The molecule has 1 heterocycles. The second-order valence-corrected chi connectivity index (χ2v) is 7.52. The van der Waals surface area contributed by atoms with E-state index in [9.17, 15) is 14.4 Å². The van der Waals surface area contributed by atoms with Crippen LogP contribution in [0.4, 0.5) is 11.6 Å². The lowest BCUT2D eigenvalue weighted by molar-refractivity contribution is -0.115. The molecule has 4 rings (SSSR count). The van der Waals surface area contributed by atoms with Gasteiger partial charge in [-0.2, -0.15) is 4.98 Å². The minimum Gasteiger partial charge on any atom is -0.368 e. The second kappa shape index (κ2) is 6.93. The first-order chi connectivity index (χ1) is 13.4. The van der Waals surface area contributed by atoms with Gasteiger partial charge >= 0.3 is 0 Å². The maximum absolute atomic E-state index is 12.8. The highest BCUT2D eigenvalue weighted by atomic mass is 32.2. The summed E-state index contributed by atoms with van der Waals surface area (Å²) in [6.07, 6.45) is 0. The molecule has 28 heavy (non-hydrogen) atoms. The summed E-state index contributed by atoms with van der Waals surface area (Å²) in [6, 6.07) is 11.4. The van der Waals surface area contributed by atoms with E-state index in [2.05, 4.69) is 20.5 Å². The smallest absolute Gasteiger partial charge is 0.237 e. The van der Waals surface area contributed by atoms with Crippen LogP contribution in [0.3, 0.4) is 0 Å². The molecule has 3 aromatic rings. The molecule has 0 unspecified atom stereocenters. The number of aromatic nitrogens is 3. The fourth-order valence-corrected chi connectivity index (χ4v) is 3.68. The molecule has 0 saturated heterocycles. The van der Waals surface area contributed by atoms with Gasteiger partial charge < -0.3 is 11.1 Å². The molecule has 2 aromatic carbocycles. The number of benzene rings is 2. The van der Waals surface area contributed by atoms with E-state index in [1.807, 2.05) is 0 Å². The number of carbonyl (C=O) groups is 3. The van der Waals surface area contributed by atoms with Gasteiger partial charge in [-0.1, -0.05) is 36.0 Å². The third kappa shape index (κ3) is 3.16. The Kier molecular flexibility index (Phi) is 4.44. The molecule has 1 aromatic heterocycles. The molecule has 1 atom stereocenters. The standard InChI is InChI=1S/C19H15N5O3S/c1-9(28-19-22-18(20)23-24-19)17(27)21-10-6-7-13-14(8-10)16(26)12-5-3-2-4-11(12)15(13)25/h2-9H,1H3,(H,21,27)(H3,20,22,23,24)/t9-/m1/s1. The lowest BCUT2D eigenvalue weighted by Crippen LogP contribution is -2.24. The minimum atomic E-state index is -0.496. The van der Waals surface area contributed by atoms with Gasteiger partial charge in [-0.25, -0.2) is 5.10 Å². The maximum atomic E-state index is 12.8. The number of hydrogen-bond acceptors (Lipinski definition) is 7. The SMILES string of the molecule is C[C@@H](Sc1n[nH]c(N)n1)C(=O)Nc1ccc2c(c1)C(=O)c1ccccc1C2=O. The molecule has 0 aliphatic heterocycles. The monoisotopic (exact) mass is 393 g/mol. The summed E-state index contributed by atoms with van der Waals surface area (Å²) in [4.78, 5) is 41.8. The Morgan fingerprint density at radius 2 is 1.71 bits per heavy atom. The Labute approximate surface area is 163 Å². The second-order valence-electron chi connectivity index (χ2n) is 6.22. The number of carbonyl (C=O) groups excluding carboxylic acids is 3. The molecule has 1 aliphatic carbocycles. The number of ketones is 2. The van der Waals surface area contributed by atoms with E-state index in [1.165, 1.54) is 6.07 Å². The van der Waals surface area contributed by atoms with Gasteiger partial charge in [0.2, 0.25) is 17.0 Å². The fourth-order valence-electron chi connectivity index (χ4n) is 2.94. The van der Waals surface area contributed by atoms with Crippen LogP contribution in [0.25, 0.3) is 0 Å². The number of H-pyrrole nitrogens is 1. The Morgan fingerprint density at radius 3 is 2.36 bits per heavy atom. The number of hydrogen-bond donors (Lipinski definition) is 3. The van der Waals surface area contributed by atoms with Crippen LogP contribution >= 0.6 is 11.8 Å². The molecule has 1 aliphatic rings. The van der Waals surface area contributed by atoms with Crippen molar-refractivity contribution in [3.05, 3.63) is 64.7 Å². The number of nitrogen functional groups attached to an aromatic ring is 1. The maximum Gasteiger partial charge on any atom is 0.237 e. The summed E-state index contributed by atoms with van der Waals surface area (Å²) in [5.41, 5.74) is 7.29. The number of fused-ring (bicyclic) bond motifs is 2. The van der Waals surface area contributed by atoms with E-state index in [1.54, 1.807) is 43.3 Å². The molecule has 0 bridgehead atoms. The van der Waals surface area contributed by atoms with Crippen LogP contribution in [0.15, 0.2) is 47.6 Å². The molecule has 1 amide bonds. The molecule has 0 radical (unpaired) electrons. The number of aromatic amines is 1. The molecule has 0 spiro atoms. The molecule has 0 saturated carbocycles. The Bertz CT molecular complexity index is 1120. The average Bonchev–Trinajstić information content (AvgIpc) is 3.10. The zero-order chi connectivity index (χ0) is 19.8. The molecular formula is C19H15N5O3S. The van der Waals surface area contributed by atoms with Crippen LogP contribution in [0, 0.1) is 0 Å². The first kappa shape index (κ1) is 17.9. The van der Waals surface area contributed by atoms with Gasteiger partial charge in [0.25, 0.3) is 0 Å². The normalized spacial score (nSPS) is 13.6. The van der Waals surface area contributed by atoms with Gasteiger partial charge in [-0.05, 0) is 25.1 Å². The quantitative estimate of drug-likeness (QED) is 0.453. The van der Waals surface area contributed by atoms with Gasteiger partial charge in [-0.3, -0.25) is 14.4 Å². The zero-order valence-electron chi connectivity index (χ0n) is 14.7. The number of amides is 1. The Hall–Kier alpha value is -3.46. The Morgan fingerprint density at radius 1 is 1.07 bits per heavy atom. The van der Waals surface area contributed by atoms with Crippen LogP contribution < -0.4 is 11.1 Å². The van der Waals surface area contributed by atoms with Crippen molar-refractivity contribution >= 4 is 40.9 Å². The van der Waals surface area contributed by atoms with E-state index >= 15 is 0 Å². The highest BCUT2D eigenvalue weighted by Crippen LogP contribution is 2.29. The summed E-state index contributed by atoms with van der Waals surface area (Å²) >= 11 is 1.15. The summed E-state index contributed by atoms with van der Waals surface area (Å²) in [6.45, 7) is 1.70. The fraction of sp³-hybridized carbons (Fsp3) is 0.105. The number of nitrogens with zero attached hydrogens (tertiary/aromatic N) is 2. The highest BCUT2D eigenvalue weighted by Gasteiger charge is 2.29. The predicted octanol–water partition coefficient (Wildman–Crippen LogP) is 2.28. The molecule has 4 N–H and O–H groups in total. The molecule has 8 nitrogen and oxygen atoms in total. The van der Waals surface area contributed by atoms with Gasteiger partial charge in [-0.15, -0.1) is 5.10 Å². The summed E-state index contributed by atoms with van der Waals surface area (Å²) in [5, 5.41) is 9.02. The predicted molar refractivity (Wildman–Crippen MR) is 104 cm³/mol. The van der Waals surface area contributed by atoms with E-state index in [4.69, 9.17) is 5.73 Å². The average molecular weight is 393 g/mol. The first-order valence-corrected chi connectivity index (χ1v) is 9.30. The molecule has 140 valence electrons. The number of nitrogens with two attached hydrogens (primary N) is 1. The van der Waals surface area contributed by atoms with E-state index < -0.39 is 5.25 Å². The summed E-state index contributed by atoms with van der Waals surface area (Å²) in [5.74, 6) is -0.550. The number of rotatable bonds is 4. The van der Waals surface area contributed by atoms with Gasteiger partial charge in [0.05, 0.1) is 5.25 Å². The summed E-state index contributed by atoms with van der Waals surface area (Å²) < 4.78 is 0. The Balaban J connectivity index is 1.55. The van der Waals surface area contributed by atoms with Crippen molar-refractivity contribution in [3.63, 3.8) is 0 Å². The van der Waals surface area contributed by atoms with Crippen molar-refractivity contribution in [3.8, 4) is 0 Å². The van der Waals surface area contributed by atoms with Gasteiger partial charge in [0.15, 0.2) is 11.6 Å². The van der Waals surface area contributed by atoms with E-state index in [0.29, 0.717) is 27.5 Å². The lowest BCUT2D eigenvalue weighted by Gasteiger charge is -2.18. The zero-order valence-corrected chi connectivity index (χ0v) is 15.5. The molecule has 0 fully saturated rings. The topological polar surface area (TPSA) is 131 Å². The van der Waals surface area contributed by atoms with Crippen molar-refractivity contribution in [1.29, 1.82) is 0 Å². The van der Waals surface area contributed by atoms with Crippen LogP contribution in [-0.4, -0.2) is 37.9 Å². The van der Waals surface area contributed by atoms with E-state index in [-0.39, 0.29) is 29.0 Å². The van der Waals surface area contributed by atoms with Crippen LogP contribution in [0.5, 0.6) is 0 Å². The van der Waals surface area contributed by atoms with E-state index in [0.717, 1.165) is 11.8 Å². The third-order valence-electron chi connectivity index (χ3n) is 4.33. The van der Waals surface area contributed by atoms with Crippen molar-refractivity contribution in [2.75, 3.05) is 11.1 Å². The van der Waals surface area contributed by atoms with Gasteiger partial charge in [0, 0.05) is 27.9 Å². The van der Waals surface area contributed by atoms with Crippen molar-refractivity contribution in [1.82, 2.24) is 15.2 Å². The number of anilines is 2.